The number of rotatable bonds is 3. The van der Waals surface area contributed by atoms with Gasteiger partial charge in [-0.1, -0.05) is 28.9 Å². The fourth-order valence-corrected chi connectivity index (χ4v) is 2.68. The lowest BCUT2D eigenvalue weighted by atomic mass is 10.2. The van der Waals surface area contributed by atoms with Crippen LogP contribution in [-0.2, 0) is 6.54 Å². The first-order valence-corrected chi connectivity index (χ1v) is 7.68. The number of likely N-dealkylation sites (tertiary alicyclic amines) is 1. The summed E-state index contributed by atoms with van der Waals surface area (Å²) in [5, 5.41) is 7.90. The zero-order chi connectivity index (χ0) is 15.4. The number of aromatic nitrogens is 2. The Balaban J connectivity index is 0.00000192. The van der Waals surface area contributed by atoms with E-state index in [1.807, 2.05) is 24.3 Å². The van der Waals surface area contributed by atoms with Crippen molar-refractivity contribution in [1.29, 1.82) is 0 Å². The number of nitrogens with one attached hydrogen (secondary N) is 1. The van der Waals surface area contributed by atoms with Crippen molar-refractivity contribution < 1.29 is 4.52 Å². The Morgan fingerprint density at radius 3 is 2.87 bits per heavy atom. The molecular formula is C15H19ClIN5O. The van der Waals surface area contributed by atoms with Crippen LogP contribution in [0.25, 0.3) is 11.4 Å². The van der Waals surface area contributed by atoms with Crippen LogP contribution in [0.3, 0.4) is 0 Å². The van der Waals surface area contributed by atoms with Gasteiger partial charge >= 0.3 is 0 Å². The van der Waals surface area contributed by atoms with Gasteiger partial charge in [0.15, 0.2) is 5.96 Å². The van der Waals surface area contributed by atoms with Gasteiger partial charge < -0.3 is 14.7 Å². The molecule has 3 rings (SSSR count). The van der Waals surface area contributed by atoms with E-state index >= 15 is 0 Å². The smallest absolute Gasteiger partial charge is 0.246 e. The fraction of sp³-hybridized carbons (Fsp3) is 0.400. The maximum absolute atomic E-state index is 5.98. The highest BCUT2D eigenvalue weighted by Crippen LogP contribution is 2.19. The topological polar surface area (TPSA) is 66.5 Å². The van der Waals surface area contributed by atoms with Crippen LogP contribution in [0.15, 0.2) is 33.8 Å². The van der Waals surface area contributed by atoms with E-state index in [-0.39, 0.29) is 24.0 Å². The fourth-order valence-electron chi connectivity index (χ4n) is 2.49. The maximum Gasteiger partial charge on any atom is 0.246 e. The van der Waals surface area contributed by atoms with Gasteiger partial charge in [0, 0.05) is 30.7 Å². The summed E-state index contributed by atoms with van der Waals surface area (Å²) < 4.78 is 5.28. The molecule has 0 saturated carbocycles. The number of aliphatic imine (C=N–C) groups is 1. The highest BCUT2D eigenvalue weighted by molar-refractivity contribution is 14.0. The van der Waals surface area contributed by atoms with Crippen molar-refractivity contribution in [3.05, 3.63) is 35.2 Å². The molecule has 0 spiro atoms. The molecule has 23 heavy (non-hydrogen) atoms. The second kappa shape index (κ2) is 8.49. The third-order valence-electron chi connectivity index (χ3n) is 3.57. The number of halogens is 2. The molecule has 0 atom stereocenters. The Kier molecular flexibility index (Phi) is 6.64. The summed E-state index contributed by atoms with van der Waals surface area (Å²) in [5.41, 5.74) is 0.839. The lowest BCUT2D eigenvalue weighted by Crippen LogP contribution is -2.39. The summed E-state index contributed by atoms with van der Waals surface area (Å²) in [6, 6.07) is 7.39. The van der Waals surface area contributed by atoms with Gasteiger partial charge in [-0.15, -0.1) is 24.0 Å². The third-order valence-corrected chi connectivity index (χ3v) is 3.80. The Morgan fingerprint density at radius 2 is 2.17 bits per heavy atom. The van der Waals surface area contributed by atoms with E-state index in [1.165, 1.54) is 12.8 Å². The Hall–Kier alpha value is -1.35. The van der Waals surface area contributed by atoms with Crippen LogP contribution in [0.4, 0.5) is 0 Å². The molecular weight excluding hydrogens is 429 g/mol. The molecule has 1 N–H and O–H groups in total. The third kappa shape index (κ3) is 4.57. The molecule has 0 bridgehead atoms. The van der Waals surface area contributed by atoms with Crippen LogP contribution in [0, 0.1) is 0 Å². The van der Waals surface area contributed by atoms with Gasteiger partial charge in [0.2, 0.25) is 11.7 Å². The second-order valence-electron chi connectivity index (χ2n) is 5.12. The molecule has 0 unspecified atom stereocenters. The lowest BCUT2D eigenvalue weighted by molar-refractivity contribution is 0.372. The first kappa shape index (κ1) is 18.0. The van der Waals surface area contributed by atoms with E-state index in [0.29, 0.717) is 23.3 Å². The first-order valence-electron chi connectivity index (χ1n) is 7.30. The Labute approximate surface area is 157 Å². The van der Waals surface area contributed by atoms with E-state index in [0.717, 1.165) is 24.6 Å². The summed E-state index contributed by atoms with van der Waals surface area (Å²) in [6.07, 6.45) is 2.42. The molecule has 8 heteroatoms. The van der Waals surface area contributed by atoms with Crippen molar-refractivity contribution in [3.63, 3.8) is 0 Å². The molecule has 1 fully saturated rings. The maximum atomic E-state index is 5.98. The molecule has 1 aromatic heterocycles. The lowest BCUT2D eigenvalue weighted by Gasteiger charge is -2.19. The van der Waals surface area contributed by atoms with Crippen LogP contribution in [0.2, 0.25) is 5.02 Å². The Bertz CT molecular complexity index is 669. The molecule has 0 aliphatic carbocycles. The standard InChI is InChI=1S/C15H18ClN5O.HI/c1-17-15(21-7-2-3-8-21)18-10-13-19-14(20-22-13)11-5-4-6-12(16)9-11;/h4-6,9H,2-3,7-8,10H2,1H3,(H,17,18);1H. The molecule has 0 radical (unpaired) electrons. The van der Waals surface area contributed by atoms with Gasteiger partial charge in [0.05, 0.1) is 6.54 Å². The SMILES string of the molecule is CN=C(NCc1nc(-c2cccc(Cl)c2)no1)N1CCCC1.I. The van der Waals surface area contributed by atoms with Crippen molar-refractivity contribution in [2.75, 3.05) is 20.1 Å². The molecule has 6 nitrogen and oxygen atoms in total. The number of hydrogen-bond donors (Lipinski definition) is 1. The predicted octanol–water partition coefficient (Wildman–Crippen LogP) is 3.18. The summed E-state index contributed by atoms with van der Waals surface area (Å²) in [4.78, 5) is 10.9. The summed E-state index contributed by atoms with van der Waals surface area (Å²) in [5.74, 6) is 1.94. The largest absolute Gasteiger partial charge is 0.347 e. The van der Waals surface area contributed by atoms with Gasteiger partial charge in [-0.25, -0.2) is 0 Å². The number of hydrogen-bond acceptors (Lipinski definition) is 4. The second-order valence-corrected chi connectivity index (χ2v) is 5.55. The minimum atomic E-state index is 0. The minimum absolute atomic E-state index is 0. The van der Waals surface area contributed by atoms with Crippen LogP contribution in [0.5, 0.6) is 0 Å². The van der Waals surface area contributed by atoms with E-state index in [2.05, 4.69) is 25.3 Å². The number of nitrogens with zero attached hydrogens (tertiary/aromatic N) is 4. The van der Waals surface area contributed by atoms with E-state index < -0.39 is 0 Å². The van der Waals surface area contributed by atoms with Gasteiger partial charge in [-0.3, -0.25) is 4.99 Å². The average molecular weight is 448 g/mol. The van der Waals surface area contributed by atoms with Crippen molar-refractivity contribution in [2.24, 2.45) is 4.99 Å². The molecule has 1 aliphatic rings. The highest BCUT2D eigenvalue weighted by atomic mass is 127. The van der Waals surface area contributed by atoms with E-state index in [1.54, 1.807) is 7.05 Å². The van der Waals surface area contributed by atoms with Crippen molar-refractivity contribution in [3.8, 4) is 11.4 Å². The molecule has 1 aromatic carbocycles. The van der Waals surface area contributed by atoms with Gasteiger partial charge in [0.1, 0.15) is 0 Å². The van der Waals surface area contributed by atoms with Gasteiger partial charge in [-0.2, -0.15) is 4.98 Å². The molecule has 1 saturated heterocycles. The quantitative estimate of drug-likeness (QED) is 0.445. The molecule has 0 amide bonds. The van der Waals surface area contributed by atoms with Crippen molar-refractivity contribution in [2.45, 2.75) is 19.4 Å². The highest BCUT2D eigenvalue weighted by Gasteiger charge is 2.16. The van der Waals surface area contributed by atoms with Crippen LogP contribution >= 0.6 is 35.6 Å². The number of guanidine groups is 1. The molecule has 124 valence electrons. The molecule has 2 aromatic rings. The zero-order valence-electron chi connectivity index (χ0n) is 12.8. The Morgan fingerprint density at radius 1 is 1.39 bits per heavy atom. The summed E-state index contributed by atoms with van der Waals surface area (Å²) in [6.45, 7) is 2.53. The predicted molar refractivity (Wildman–Crippen MR) is 101 cm³/mol. The van der Waals surface area contributed by atoms with Crippen LogP contribution in [-0.4, -0.2) is 41.1 Å². The zero-order valence-corrected chi connectivity index (χ0v) is 15.9. The van der Waals surface area contributed by atoms with Crippen LogP contribution in [0.1, 0.15) is 18.7 Å². The monoisotopic (exact) mass is 447 g/mol. The van der Waals surface area contributed by atoms with Crippen LogP contribution < -0.4 is 5.32 Å². The summed E-state index contributed by atoms with van der Waals surface area (Å²) >= 11 is 5.98. The van der Waals surface area contributed by atoms with E-state index in [9.17, 15) is 0 Å². The molecule has 2 heterocycles. The first-order chi connectivity index (χ1) is 10.8. The van der Waals surface area contributed by atoms with Crippen molar-refractivity contribution >= 4 is 41.5 Å². The van der Waals surface area contributed by atoms with E-state index in [4.69, 9.17) is 16.1 Å². The number of benzene rings is 1. The van der Waals surface area contributed by atoms with Gasteiger partial charge in [0.25, 0.3) is 0 Å². The average Bonchev–Trinajstić information content (AvgIpc) is 3.19. The normalized spacial score (nSPS) is 14.7. The van der Waals surface area contributed by atoms with Gasteiger partial charge in [-0.05, 0) is 25.0 Å². The summed E-state index contributed by atoms with van der Waals surface area (Å²) in [7, 11) is 1.78. The molecule has 1 aliphatic heterocycles. The van der Waals surface area contributed by atoms with Crippen molar-refractivity contribution in [1.82, 2.24) is 20.4 Å². The minimum Gasteiger partial charge on any atom is -0.347 e.